The van der Waals surface area contributed by atoms with Crippen LogP contribution in [-0.4, -0.2) is 28.7 Å². The van der Waals surface area contributed by atoms with Crippen molar-refractivity contribution in [1.82, 2.24) is 4.90 Å². The molecule has 92 valence electrons. The number of hydrogen-bond donors (Lipinski definition) is 0. The molecule has 1 rings (SSSR count). The Kier molecular flexibility index (Phi) is 6.10. The Labute approximate surface area is 107 Å². The van der Waals surface area contributed by atoms with Crippen LogP contribution in [0.5, 0.6) is 0 Å². The first-order valence-corrected chi connectivity index (χ1v) is 7.12. The van der Waals surface area contributed by atoms with Crippen LogP contribution >= 0.6 is 15.9 Å². The molecule has 16 heavy (non-hydrogen) atoms. The number of alkyl halides is 1. The number of rotatable bonds is 5. The smallest absolute Gasteiger partial charge is 0.240 e. The largest absolute Gasteiger partial charge is 0.341 e. The normalized spacial score (nSPS) is 18.6. The van der Waals surface area contributed by atoms with Gasteiger partial charge in [-0.05, 0) is 31.6 Å². The van der Waals surface area contributed by atoms with Crippen molar-refractivity contribution < 1.29 is 4.79 Å². The highest BCUT2D eigenvalue weighted by molar-refractivity contribution is 9.10. The summed E-state index contributed by atoms with van der Waals surface area (Å²) in [6, 6.07) is 0. The Morgan fingerprint density at radius 3 is 2.56 bits per heavy atom. The van der Waals surface area contributed by atoms with Gasteiger partial charge >= 0.3 is 0 Å². The van der Waals surface area contributed by atoms with E-state index >= 15 is 0 Å². The number of likely N-dealkylation sites (tertiary alicyclic amines) is 1. The van der Waals surface area contributed by atoms with Gasteiger partial charge in [0.2, 0.25) is 5.91 Å². The third kappa shape index (κ3) is 4.69. The molecule has 0 N–H and O–H groups in total. The van der Waals surface area contributed by atoms with Crippen LogP contribution in [0.3, 0.4) is 0 Å². The molecule has 0 saturated carbocycles. The van der Waals surface area contributed by atoms with Gasteiger partial charge in [-0.15, -0.1) is 0 Å². The van der Waals surface area contributed by atoms with Gasteiger partial charge in [0, 0.05) is 13.1 Å². The molecule has 0 unspecified atom stereocenters. The molecular weight excluding hydrogens is 266 g/mol. The second kappa shape index (κ2) is 7.10. The monoisotopic (exact) mass is 287 g/mol. The van der Waals surface area contributed by atoms with Gasteiger partial charge in [-0.3, -0.25) is 4.79 Å². The Morgan fingerprint density at radius 2 is 2.00 bits per heavy atom. The maximum Gasteiger partial charge on any atom is 0.240 e. The first kappa shape index (κ1) is 13.8. The third-order valence-corrected chi connectivity index (χ3v) is 3.57. The van der Waals surface area contributed by atoms with Crippen LogP contribution in [0.25, 0.3) is 0 Å². The Hall–Kier alpha value is -0.310. The van der Waals surface area contributed by atoms with E-state index in [4.69, 9.17) is 0 Å². The molecule has 0 radical (unpaired) electrons. The number of allylic oxidation sites excluding steroid dienone is 1. The standard InChI is InChI=1S/C13H22BrNO/c1-11(2)7-3-4-8-12(14)13(16)15-9-5-6-10-15/h4,8,11-12H,3,5-7,9-10H2,1-2H3/b8-4+/t12-/m0/s1. The molecule has 0 aromatic carbocycles. The van der Waals surface area contributed by atoms with E-state index in [1.807, 2.05) is 11.0 Å². The van der Waals surface area contributed by atoms with Gasteiger partial charge < -0.3 is 4.90 Å². The summed E-state index contributed by atoms with van der Waals surface area (Å²) in [5.41, 5.74) is 0. The Morgan fingerprint density at radius 1 is 1.38 bits per heavy atom. The summed E-state index contributed by atoms with van der Waals surface area (Å²) in [6.45, 7) is 6.30. The van der Waals surface area contributed by atoms with Gasteiger partial charge in [-0.1, -0.05) is 41.9 Å². The number of halogens is 1. The maximum atomic E-state index is 11.9. The van der Waals surface area contributed by atoms with Crippen molar-refractivity contribution in [3.8, 4) is 0 Å². The molecule has 2 nitrogen and oxygen atoms in total. The molecule has 1 heterocycles. The van der Waals surface area contributed by atoms with Crippen LogP contribution in [0.15, 0.2) is 12.2 Å². The van der Waals surface area contributed by atoms with E-state index in [1.54, 1.807) is 0 Å². The zero-order chi connectivity index (χ0) is 12.0. The lowest BCUT2D eigenvalue weighted by Crippen LogP contribution is -2.33. The molecule has 3 heteroatoms. The minimum Gasteiger partial charge on any atom is -0.341 e. The molecule has 1 aliphatic rings. The van der Waals surface area contributed by atoms with Gasteiger partial charge in [-0.25, -0.2) is 0 Å². The van der Waals surface area contributed by atoms with Crippen molar-refractivity contribution in [2.75, 3.05) is 13.1 Å². The highest BCUT2D eigenvalue weighted by atomic mass is 79.9. The van der Waals surface area contributed by atoms with Crippen LogP contribution in [0.4, 0.5) is 0 Å². The van der Waals surface area contributed by atoms with E-state index in [0.29, 0.717) is 0 Å². The van der Waals surface area contributed by atoms with Crippen molar-refractivity contribution in [3.05, 3.63) is 12.2 Å². The van der Waals surface area contributed by atoms with Crippen LogP contribution < -0.4 is 0 Å². The molecule has 0 bridgehead atoms. The fraction of sp³-hybridized carbons (Fsp3) is 0.769. The molecule has 1 atom stereocenters. The summed E-state index contributed by atoms with van der Waals surface area (Å²) in [4.78, 5) is 13.7. The van der Waals surface area contributed by atoms with Gasteiger partial charge in [0.25, 0.3) is 0 Å². The average molecular weight is 288 g/mol. The zero-order valence-electron chi connectivity index (χ0n) is 10.3. The molecule has 1 aliphatic heterocycles. The zero-order valence-corrected chi connectivity index (χ0v) is 11.9. The molecule has 0 spiro atoms. The number of carbonyl (C=O) groups excluding carboxylic acids is 1. The summed E-state index contributed by atoms with van der Waals surface area (Å²) < 4.78 is 0. The topological polar surface area (TPSA) is 20.3 Å². The minimum absolute atomic E-state index is 0.127. The highest BCUT2D eigenvalue weighted by Gasteiger charge is 2.22. The van der Waals surface area contributed by atoms with Crippen LogP contribution in [-0.2, 0) is 4.79 Å². The van der Waals surface area contributed by atoms with Gasteiger partial charge in [0.05, 0.1) is 0 Å². The van der Waals surface area contributed by atoms with Gasteiger partial charge in [0.15, 0.2) is 0 Å². The summed E-state index contributed by atoms with van der Waals surface area (Å²) >= 11 is 3.44. The van der Waals surface area contributed by atoms with E-state index in [2.05, 4.69) is 35.9 Å². The molecule has 1 amide bonds. The van der Waals surface area contributed by atoms with E-state index in [9.17, 15) is 4.79 Å². The molecule has 0 aliphatic carbocycles. The van der Waals surface area contributed by atoms with Gasteiger partial charge in [-0.2, -0.15) is 0 Å². The van der Waals surface area contributed by atoms with Crippen molar-refractivity contribution in [3.63, 3.8) is 0 Å². The second-order valence-corrected chi connectivity index (χ2v) is 5.82. The van der Waals surface area contributed by atoms with E-state index in [0.717, 1.165) is 38.3 Å². The fourth-order valence-corrected chi connectivity index (χ4v) is 2.34. The fourth-order valence-electron chi connectivity index (χ4n) is 1.84. The number of hydrogen-bond acceptors (Lipinski definition) is 1. The summed E-state index contributed by atoms with van der Waals surface area (Å²) in [6.07, 6.45) is 8.67. The average Bonchev–Trinajstić information content (AvgIpc) is 2.76. The predicted octanol–water partition coefficient (Wildman–Crippen LogP) is 3.36. The van der Waals surface area contributed by atoms with Crippen molar-refractivity contribution in [2.24, 2.45) is 5.92 Å². The maximum absolute atomic E-state index is 11.9. The lowest BCUT2D eigenvalue weighted by molar-refractivity contribution is -0.128. The SMILES string of the molecule is CC(C)CC/C=C/[C@H](Br)C(=O)N1CCCC1. The summed E-state index contributed by atoms with van der Waals surface area (Å²) in [7, 11) is 0. The molecule has 1 fully saturated rings. The molecular formula is C13H22BrNO. The van der Waals surface area contributed by atoms with Crippen molar-refractivity contribution in [1.29, 1.82) is 0 Å². The quantitative estimate of drug-likeness (QED) is 0.561. The summed E-state index contributed by atoms with van der Waals surface area (Å²) in [5.74, 6) is 0.950. The highest BCUT2D eigenvalue weighted by Crippen LogP contribution is 2.14. The van der Waals surface area contributed by atoms with Crippen LogP contribution in [0.1, 0.15) is 39.5 Å². The molecule has 1 saturated heterocycles. The Balaban J connectivity index is 2.27. The molecule has 0 aromatic heterocycles. The number of carbonyl (C=O) groups is 1. The minimum atomic E-state index is -0.127. The predicted molar refractivity (Wildman–Crippen MR) is 71.7 cm³/mol. The van der Waals surface area contributed by atoms with Crippen molar-refractivity contribution in [2.45, 2.75) is 44.4 Å². The summed E-state index contributed by atoms with van der Waals surface area (Å²) in [5, 5.41) is 0. The van der Waals surface area contributed by atoms with E-state index < -0.39 is 0 Å². The van der Waals surface area contributed by atoms with Crippen molar-refractivity contribution >= 4 is 21.8 Å². The first-order valence-electron chi connectivity index (χ1n) is 6.20. The molecule has 0 aromatic rings. The van der Waals surface area contributed by atoms with E-state index in [1.165, 1.54) is 6.42 Å². The van der Waals surface area contributed by atoms with Gasteiger partial charge in [0.1, 0.15) is 4.83 Å². The first-order chi connectivity index (χ1) is 7.61. The second-order valence-electron chi connectivity index (χ2n) is 4.83. The van der Waals surface area contributed by atoms with Crippen LogP contribution in [0.2, 0.25) is 0 Å². The van der Waals surface area contributed by atoms with E-state index in [-0.39, 0.29) is 10.7 Å². The Bertz CT molecular complexity index is 244. The lowest BCUT2D eigenvalue weighted by Gasteiger charge is -2.17. The third-order valence-electron chi connectivity index (χ3n) is 2.87. The van der Waals surface area contributed by atoms with Crippen LogP contribution in [0, 0.1) is 5.92 Å². The number of amides is 1. The lowest BCUT2D eigenvalue weighted by atomic mass is 10.1. The number of nitrogens with zero attached hydrogens (tertiary/aromatic N) is 1.